The van der Waals surface area contributed by atoms with Gasteiger partial charge in [-0.05, 0) is 86.5 Å². The van der Waals surface area contributed by atoms with Crippen LogP contribution < -0.4 is 5.32 Å². The Kier molecular flexibility index (Phi) is 8.00. The Morgan fingerprint density at radius 3 is 2.38 bits per heavy atom. The summed E-state index contributed by atoms with van der Waals surface area (Å²) in [4.78, 5) is 15.4. The molecule has 0 aliphatic carbocycles. The topological polar surface area (TPSA) is 37.3 Å². The number of hydrogen-bond acceptors (Lipinski definition) is 2. The Bertz CT molecular complexity index is 1310. The van der Waals surface area contributed by atoms with Gasteiger partial charge in [0.15, 0.2) is 0 Å². The summed E-state index contributed by atoms with van der Waals surface area (Å²) in [6.07, 6.45) is 3.70. The van der Waals surface area contributed by atoms with Crippen LogP contribution in [0, 0.1) is 11.7 Å². The number of aromatic nitrogens is 1. The standard InChI is InChI=1S/C32H36FN3O/c1-24(11-12-25-7-3-2-4-8-25)34-32(37)27-17-19-35(20-18-27)23-30-21-28-9-5-6-10-31(28)36(30)22-26-13-15-29(33)16-14-26/h2-10,13-16,21,24,27H,11-12,17-20,22-23H2,1H3,(H,34,37)/t24-/m1/s1. The molecular weight excluding hydrogens is 461 g/mol. The van der Waals surface area contributed by atoms with Gasteiger partial charge in [0, 0.05) is 36.3 Å². The van der Waals surface area contributed by atoms with E-state index in [0.717, 1.165) is 50.9 Å². The third-order valence-electron chi connectivity index (χ3n) is 7.59. The summed E-state index contributed by atoms with van der Waals surface area (Å²) >= 11 is 0. The maximum Gasteiger partial charge on any atom is 0.223 e. The molecule has 0 radical (unpaired) electrons. The van der Waals surface area contributed by atoms with Crippen LogP contribution in [0.15, 0.2) is 84.9 Å². The molecule has 0 spiro atoms. The summed E-state index contributed by atoms with van der Waals surface area (Å²) < 4.78 is 15.8. The van der Waals surface area contributed by atoms with Gasteiger partial charge in [0.25, 0.3) is 0 Å². The average Bonchev–Trinajstić information content (AvgIpc) is 3.26. The highest BCUT2D eigenvalue weighted by Gasteiger charge is 2.26. The van der Waals surface area contributed by atoms with Gasteiger partial charge in [-0.25, -0.2) is 4.39 Å². The molecular formula is C32H36FN3O. The van der Waals surface area contributed by atoms with Crippen molar-refractivity contribution in [3.63, 3.8) is 0 Å². The summed E-state index contributed by atoms with van der Waals surface area (Å²) in [5.74, 6) is 0.0740. The van der Waals surface area contributed by atoms with Crippen molar-refractivity contribution in [1.29, 1.82) is 0 Å². The number of likely N-dealkylation sites (tertiary alicyclic amines) is 1. The summed E-state index contributed by atoms with van der Waals surface area (Å²) in [7, 11) is 0. The largest absolute Gasteiger partial charge is 0.353 e. The molecule has 1 saturated heterocycles. The zero-order valence-corrected chi connectivity index (χ0v) is 21.6. The van der Waals surface area contributed by atoms with E-state index in [2.05, 4.69) is 76.3 Å². The molecule has 192 valence electrons. The molecule has 1 aliphatic rings. The molecule has 0 saturated carbocycles. The first kappa shape index (κ1) is 25.2. The highest BCUT2D eigenvalue weighted by molar-refractivity contribution is 5.81. The molecule has 1 amide bonds. The van der Waals surface area contributed by atoms with Gasteiger partial charge < -0.3 is 9.88 Å². The summed E-state index contributed by atoms with van der Waals surface area (Å²) in [6.45, 7) is 5.49. The van der Waals surface area contributed by atoms with Gasteiger partial charge in [-0.15, -0.1) is 0 Å². The Morgan fingerprint density at radius 1 is 0.919 bits per heavy atom. The van der Waals surface area contributed by atoms with E-state index >= 15 is 0 Å². The predicted molar refractivity (Wildman–Crippen MR) is 148 cm³/mol. The fourth-order valence-electron chi connectivity index (χ4n) is 5.40. The number of nitrogens with one attached hydrogen (secondary N) is 1. The van der Waals surface area contributed by atoms with Crippen LogP contribution in [-0.2, 0) is 24.3 Å². The van der Waals surface area contributed by atoms with Crippen LogP contribution in [0.4, 0.5) is 4.39 Å². The molecule has 1 fully saturated rings. The van der Waals surface area contributed by atoms with Crippen molar-refractivity contribution in [2.75, 3.05) is 13.1 Å². The lowest BCUT2D eigenvalue weighted by atomic mass is 9.95. The second-order valence-corrected chi connectivity index (χ2v) is 10.4. The molecule has 4 aromatic rings. The molecule has 1 N–H and O–H groups in total. The molecule has 1 atom stereocenters. The van der Waals surface area contributed by atoms with Crippen LogP contribution in [0.25, 0.3) is 10.9 Å². The minimum Gasteiger partial charge on any atom is -0.353 e. The van der Waals surface area contributed by atoms with E-state index in [4.69, 9.17) is 0 Å². The number of carbonyl (C=O) groups excluding carboxylic acids is 1. The van der Waals surface area contributed by atoms with E-state index in [9.17, 15) is 9.18 Å². The van der Waals surface area contributed by atoms with Gasteiger partial charge in [0.2, 0.25) is 5.91 Å². The molecule has 5 heteroatoms. The van der Waals surface area contributed by atoms with Gasteiger partial charge >= 0.3 is 0 Å². The van der Waals surface area contributed by atoms with Crippen molar-refractivity contribution < 1.29 is 9.18 Å². The zero-order valence-electron chi connectivity index (χ0n) is 21.6. The Labute approximate surface area is 219 Å². The quantitative estimate of drug-likeness (QED) is 0.300. The van der Waals surface area contributed by atoms with Crippen molar-refractivity contribution in [2.24, 2.45) is 5.92 Å². The molecule has 0 unspecified atom stereocenters. The number of rotatable bonds is 9. The fourth-order valence-corrected chi connectivity index (χ4v) is 5.40. The van der Waals surface area contributed by atoms with E-state index in [-0.39, 0.29) is 23.7 Å². The number of halogens is 1. The Morgan fingerprint density at radius 2 is 1.62 bits per heavy atom. The van der Waals surface area contributed by atoms with Crippen LogP contribution in [-0.4, -0.2) is 34.5 Å². The summed E-state index contributed by atoms with van der Waals surface area (Å²) in [5, 5.41) is 4.47. The van der Waals surface area contributed by atoms with Gasteiger partial charge in [-0.2, -0.15) is 0 Å². The second kappa shape index (κ2) is 11.7. The van der Waals surface area contributed by atoms with Crippen molar-refractivity contribution in [2.45, 2.75) is 51.7 Å². The molecule has 5 rings (SSSR count). The number of amides is 1. The molecule has 3 aromatic carbocycles. The molecule has 1 aliphatic heterocycles. The van der Waals surface area contributed by atoms with E-state index < -0.39 is 0 Å². The third kappa shape index (κ3) is 6.47. The van der Waals surface area contributed by atoms with E-state index in [1.165, 1.54) is 34.3 Å². The normalized spacial score (nSPS) is 15.6. The van der Waals surface area contributed by atoms with Crippen molar-refractivity contribution >= 4 is 16.8 Å². The number of nitrogens with zero attached hydrogens (tertiary/aromatic N) is 2. The maximum atomic E-state index is 13.4. The predicted octanol–water partition coefficient (Wildman–Crippen LogP) is 6.18. The number of fused-ring (bicyclic) bond motifs is 1. The summed E-state index contributed by atoms with van der Waals surface area (Å²) in [6, 6.07) is 28.1. The van der Waals surface area contributed by atoms with Crippen LogP contribution in [0.5, 0.6) is 0 Å². The van der Waals surface area contributed by atoms with Crippen molar-refractivity contribution in [1.82, 2.24) is 14.8 Å². The highest BCUT2D eigenvalue weighted by atomic mass is 19.1. The SMILES string of the molecule is C[C@H](CCc1ccccc1)NC(=O)C1CCN(Cc2cc3ccccc3n2Cc2ccc(F)cc2)CC1. The zero-order chi connectivity index (χ0) is 25.6. The van der Waals surface area contributed by atoms with Crippen LogP contribution in [0.1, 0.15) is 43.0 Å². The van der Waals surface area contributed by atoms with Gasteiger partial charge in [-0.3, -0.25) is 9.69 Å². The first-order valence-electron chi connectivity index (χ1n) is 13.4. The van der Waals surface area contributed by atoms with Gasteiger partial charge in [-0.1, -0.05) is 60.7 Å². The maximum absolute atomic E-state index is 13.4. The average molecular weight is 498 g/mol. The van der Waals surface area contributed by atoms with Gasteiger partial charge in [0.05, 0.1) is 0 Å². The summed E-state index contributed by atoms with van der Waals surface area (Å²) in [5.41, 5.74) is 4.85. The van der Waals surface area contributed by atoms with E-state index in [1.807, 2.05) is 18.2 Å². The lowest BCUT2D eigenvalue weighted by molar-refractivity contribution is -0.127. The fraction of sp³-hybridized carbons (Fsp3) is 0.344. The molecule has 37 heavy (non-hydrogen) atoms. The van der Waals surface area contributed by atoms with E-state index in [0.29, 0.717) is 6.54 Å². The lowest BCUT2D eigenvalue weighted by Gasteiger charge is -2.32. The van der Waals surface area contributed by atoms with Crippen LogP contribution in [0.2, 0.25) is 0 Å². The lowest BCUT2D eigenvalue weighted by Crippen LogP contribution is -2.43. The smallest absolute Gasteiger partial charge is 0.223 e. The van der Waals surface area contributed by atoms with Crippen molar-refractivity contribution in [3.8, 4) is 0 Å². The Hall–Kier alpha value is -3.44. The van der Waals surface area contributed by atoms with Crippen molar-refractivity contribution in [3.05, 3.63) is 108 Å². The number of hydrogen-bond donors (Lipinski definition) is 1. The first-order valence-corrected chi connectivity index (χ1v) is 13.4. The second-order valence-electron chi connectivity index (χ2n) is 10.4. The van der Waals surface area contributed by atoms with Crippen LogP contribution >= 0.6 is 0 Å². The van der Waals surface area contributed by atoms with Crippen LogP contribution in [0.3, 0.4) is 0 Å². The number of para-hydroxylation sites is 1. The molecule has 1 aromatic heterocycles. The third-order valence-corrected chi connectivity index (χ3v) is 7.59. The monoisotopic (exact) mass is 497 g/mol. The molecule has 0 bridgehead atoms. The first-order chi connectivity index (χ1) is 18.0. The van der Waals surface area contributed by atoms with Gasteiger partial charge in [0.1, 0.15) is 5.82 Å². The number of piperidine rings is 1. The van der Waals surface area contributed by atoms with E-state index in [1.54, 1.807) is 0 Å². The number of aryl methyl sites for hydroxylation is 1. The molecule has 2 heterocycles. The number of carbonyl (C=O) groups is 1. The highest BCUT2D eigenvalue weighted by Crippen LogP contribution is 2.25. The molecule has 4 nitrogen and oxygen atoms in total. The number of benzene rings is 3. The minimum atomic E-state index is -0.209. The Balaban J connectivity index is 1.17. The minimum absolute atomic E-state index is 0.0838.